The summed E-state index contributed by atoms with van der Waals surface area (Å²) in [4.78, 5) is 16.6. The van der Waals surface area contributed by atoms with Crippen molar-refractivity contribution in [3.8, 4) is 6.07 Å². The van der Waals surface area contributed by atoms with E-state index < -0.39 is 10.0 Å². The van der Waals surface area contributed by atoms with Crippen LogP contribution in [0.5, 0.6) is 0 Å². The van der Waals surface area contributed by atoms with E-state index in [0.717, 1.165) is 38.0 Å². The highest BCUT2D eigenvalue weighted by Crippen LogP contribution is 2.20. The molecule has 0 saturated carbocycles. The van der Waals surface area contributed by atoms with Gasteiger partial charge in [0.05, 0.1) is 16.5 Å². The van der Waals surface area contributed by atoms with Crippen LogP contribution in [0.15, 0.2) is 89.8 Å². The lowest BCUT2D eigenvalue weighted by atomic mass is 10.1. The van der Waals surface area contributed by atoms with Gasteiger partial charge in [-0.2, -0.15) is 5.26 Å². The lowest BCUT2D eigenvalue weighted by Crippen LogP contribution is -2.44. The molecule has 0 aliphatic carbocycles. The minimum Gasteiger partial charge on any atom is -0.312 e. The van der Waals surface area contributed by atoms with Gasteiger partial charge in [-0.25, -0.2) is 13.1 Å². The van der Waals surface area contributed by atoms with Gasteiger partial charge in [-0.1, -0.05) is 42.5 Å². The Labute approximate surface area is 230 Å². The van der Waals surface area contributed by atoms with Crippen LogP contribution in [0.2, 0.25) is 0 Å². The highest BCUT2D eigenvalue weighted by Gasteiger charge is 2.25. The van der Waals surface area contributed by atoms with Crippen LogP contribution in [0.4, 0.5) is 5.69 Å². The molecule has 3 aromatic rings. The first-order chi connectivity index (χ1) is 17.8. The molecule has 1 saturated heterocycles. The Morgan fingerprint density at radius 3 is 2.26 bits per heavy atom. The number of likely N-dealkylation sites (N-methyl/N-ethyl adjacent to an activating group) is 1. The molecule has 0 atom stereocenters. The number of halogens is 1. The van der Waals surface area contributed by atoms with Gasteiger partial charge in [0.25, 0.3) is 5.91 Å². The zero-order chi connectivity index (χ0) is 26.3. The number of anilines is 1. The van der Waals surface area contributed by atoms with Crippen LogP contribution < -0.4 is 9.62 Å². The monoisotopic (exact) mass is 550 g/mol. The maximum atomic E-state index is 13.0. The van der Waals surface area contributed by atoms with Crippen LogP contribution in [0.3, 0.4) is 0 Å². The fourth-order valence-corrected chi connectivity index (χ4v) is 5.57. The minimum absolute atomic E-state index is 0. The number of amides is 1. The van der Waals surface area contributed by atoms with Crippen molar-refractivity contribution in [2.24, 2.45) is 0 Å². The van der Waals surface area contributed by atoms with Crippen LogP contribution in [0.1, 0.15) is 29.5 Å². The number of nitrogens with one attached hydrogen (secondary N) is 1. The van der Waals surface area contributed by atoms with E-state index in [0.29, 0.717) is 11.3 Å². The zero-order valence-electron chi connectivity index (χ0n) is 21.2. The summed E-state index contributed by atoms with van der Waals surface area (Å²) in [6, 6.07) is 25.5. The smallest absolute Gasteiger partial charge is 0.250 e. The first-order valence-corrected chi connectivity index (χ1v) is 13.7. The molecular weight excluding hydrogens is 520 g/mol. The number of benzene rings is 3. The number of likely N-dealkylation sites (tertiary alicyclic amines) is 1. The molecule has 198 valence electrons. The fourth-order valence-electron chi connectivity index (χ4n) is 4.26. The largest absolute Gasteiger partial charge is 0.312 e. The second kappa shape index (κ2) is 13.4. The second-order valence-corrected chi connectivity index (χ2v) is 10.8. The molecule has 4 rings (SSSR count). The van der Waals surface area contributed by atoms with Gasteiger partial charge < -0.3 is 4.90 Å². The summed E-state index contributed by atoms with van der Waals surface area (Å²) >= 11 is 0. The number of hydrogen-bond donors (Lipinski definition) is 1. The highest BCUT2D eigenvalue weighted by molar-refractivity contribution is 7.89. The van der Waals surface area contributed by atoms with E-state index in [9.17, 15) is 13.2 Å². The number of nitriles is 1. The summed E-state index contributed by atoms with van der Waals surface area (Å²) < 4.78 is 28.8. The van der Waals surface area contributed by atoms with E-state index in [1.54, 1.807) is 49.5 Å². The first kappa shape index (κ1) is 29.1. The predicted octanol–water partition coefficient (Wildman–Crippen LogP) is 4.60. The van der Waals surface area contributed by atoms with Gasteiger partial charge in [-0.05, 0) is 66.4 Å². The normalized spacial score (nSPS) is 14.5. The van der Waals surface area contributed by atoms with Gasteiger partial charge in [-0.3, -0.25) is 9.69 Å². The number of piperidine rings is 1. The van der Waals surface area contributed by atoms with E-state index in [1.165, 1.54) is 28.7 Å². The molecule has 1 fully saturated rings. The molecule has 1 aliphatic rings. The molecule has 9 heteroatoms. The lowest BCUT2D eigenvalue weighted by Gasteiger charge is -2.32. The third kappa shape index (κ3) is 7.76. The average molecular weight is 551 g/mol. The number of nitrogens with zero attached hydrogens (tertiary/aromatic N) is 3. The quantitative estimate of drug-likeness (QED) is 0.414. The van der Waals surface area contributed by atoms with Crippen LogP contribution >= 0.6 is 12.4 Å². The third-order valence-corrected chi connectivity index (χ3v) is 8.02. The maximum Gasteiger partial charge on any atom is 0.250 e. The summed E-state index contributed by atoms with van der Waals surface area (Å²) in [5.74, 6) is -0.250. The van der Waals surface area contributed by atoms with E-state index >= 15 is 0 Å². The summed E-state index contributed by atoms with van der Waals surface area (Å²) in [7, 11) is -2.02. The van der Waals surface area contributed by atoms with Gasteiger partial charge in [0.2, 0.25) is 10.0 Å². The molecule has 0 unspecified atom stereocenters. The van der Waals surface area contributed by atoms with Crippen molar-refractivity contribution in [1.29, 1.82) is 5.26 Å². The number of carbonyl (C=O) groups is 1. The maximum absolute atomic E-state index is 13.0. The number of sulfonamides is 1. The molecule has 0 radical (unpaired) electrons. The highest BCUT2D eigenvalue weighted by atomic mass is 35.5. The topological polar surface area (TPSA) is 93.5 Å². The molecule has 1 N–H and O–H groups in total. The van der Waals surface area contributed by atoms with Crippen LogP contribution in [0, 0.1) is 11.3 Å². The molecule has 1 aliphatic heterocycles. The Morgan fingerprint density at radius 1 is 1.03 bits per heavy atom. The Morgan fingerprint density at radius 2 is 1.66 bits per heavy atom. The summed E-state index contributed by atoms with van der Waals surface area (Å²) in [6.07, 6.45) is 4.63. The SMILES string of the molecule is CN(C(=O)C=Cc1ccc(C#N)cc1)c1ccc(S(=O)(=O)NC2CCN(Cc3ccccc3)CC2)cc1.Cl. The van der Waals surface area contributed by atoms with Crippen molar-refractivity contribution in [2.75, 3.05) is 25.0 Å². The molecule has 7 nitrogen and oxygen atoms in total. The van der Waals surface area contributed by atoms with Crippen molar-refractivity contribution in [3.05, 3.63) is 102 Å². The average Bonchev–Trinajstić information content (AvgIpc) is 2.93. The predicted molar refractivity (Wildman–Crippen MR) is 152 cm³/mol. The molecule has 1 heterocycles. The third-order valence-electron chi connectivity index (χ3n) is 6.48. The summed E-state index contributed by atoms with van der Waals surface area (Å²) in [5, 5.41) is 8.88. The number of carbonyl (C=O) groups excluding carboxylic acids is 1. The van der Waals surface area contributed by atoms with Crippen molar-refractivity contribution in [1.82, 2.24) is 9.62 Å². The number of rotatable bonds is 8. The molecule has 0 bridgehead atoms. The standard InChI is InChI=1S/C29H30N4O3S.ClH/c1-32(29(34)16-11-23-7-9-24(21-30)10-8-23)27-12-14-28(15-13-27)37(35,36)31-26-17-19-33(20-18-26)22-25-5-3-2-4-6-25;/h2-16,26,31H,17-20,22H2,1H3;1H. The van der Waals surface area contributed by atoms with Gasteiger partial charge in [0.15, 0.2) is 0 Å². The van der Waals surface area contributed by atoms with E-state index in [-0.39, 0.29) is 29.3 Å². The van der Waals surface area contributed by atoms with Crippen molar-refractivity contribution in [2.45, 2.75) is 30.3 Å². The van der Waals surface area contributed by atoms with Crippen molar-refractivity contribution in [3.63, 3.8) is 0 Å². The minimum atomic E-state index is -3.66. The van der Waals surface area contributed by atoms with Gasteiger partial charge in [0.1, 0.15) is 0 Å². The van der Waals surface area contributed by atoms with Gasteiger partial charge >= 0.3 is 0 Å². The molecule has 1 amide bonds. The Hall–Kier alpha value is -3.48. The molecular formula is C29H31ClN4O3S. The molecule has 0 spiro atoms. The Balaban J connectivity index is 0.00000400. The van der Waals surface area contributed by atoms with Crippen LogP contribution in [0.25, 0.3) is 6.08 Å². The number of hydrogen-bond acceptors (Lipinski definition) is 5. The lowest BCUT2D eigenvalue weighted by molar-refractivity contribution is -0.113. The van der Waals surface area contributed by atoms with Gasteiger partial charge in [0, 0.05) is 44.5 Å². The van der Waals surface area contributed by atoms with Crippen molar-refractivity contribution >= 4 is 40.1 Å². The molecule has 3 aromatic carbocycles. The van der Waals surface area contributed by atoms with E-state index in [2.05, 4.69) is 27.8 Å². The van der Waals surface area contributed by atoms with E-state index in [4.69, 9.17) is 5.26 Å². The Kier molecular flexibility index (Phi) is 10.2. The van der Waals surface area contributed by atoms with E-state index in [1.807, 2.05) is 18.2 Å². The Bertz CT molecular complexity index is 1380. The summed E-state index contributed by atoms with van der Waals surface area (Å²) in [5.41, 5.74) is 3.20. The second-order valence-electron chi connectivity index (χ2n) is 9.12. The summed E-state index contributed by atoms with van der Waals surface area (Å²) in [6.45, 7) is 2.55. The van der Waals surface area contributed by atoms with Crippen LogP contribution in [-0.2, 0) is 21.4 Å². The molecule has 0 aromatic heterocycles. The van der Waals surface area contributed by atoms with Gasteiger partial charge in [-0.15, -0.1) is 12.4 Å². The molecule has 38 heavy (non-hydrogen) atoms. The van der Waals surface area contributed by atoms with Crippen LogP contribution in [-0.4, -0.2) is 45.4 Å². The zero-order valence-corrected chi connectivity index (χ0v) is 22.8. The van der Waals surface area contributed by atoms with Crippen molar-refractivity contribution < 1.29 is 13.2 Å². The first-order valence-electron chi connectivity index (χ1n) is 12.2. The fraction of sp³-hybridized carbons (Fsp3) is 0.241.